The molecule has 1 aliphatic heterocycles. The van der Waals surface area contributed by atoms with Crippen LogP contribution in [0, 0.1) is 0 Å². The number of hydrogen-bond acceptors (Lipinski definition) is 5. The Labute approximate surface area is 174 Å². The molecular weight excluding hydrogens is 458 g/mol. The van der Waals surface area contributed by atoms with Crippen molar-refractivity contribution in [1.29, 1.82) is 0 Å². The first-order chi connectivity index (χ1) is 12.5. The Morgan fingerprint density at radius 3 is 2.65 bits per heavy atom. The molecule has 0 aliphatic carbocycles. The Morgan fingerprint density at radius 2 is 2.00 bits per heavy atom. The molecule has 1 amide bonds. The van der Waals surface area contributed by atoms with Crippen molar-refractivity contribution in [3.05, 3.63) is 56.4 Å². The van der Waals surface area contributed by atoms with E-state index in [9.17, 15) is 4.79 Å². The van der Waals surface area contributed by atoms with E-state index in [1.54, 1.807) is 44.6 Å². The molecular formula is C18H13BrClNO3S2. The number of amides is 1. The summed E-state index contributed by atoms with van der Waals surface area (Å²) >= 11 is 16.1. The van der Waals surface area contributed by atoms with Crippen molar-refractivity contribution in [3.8, 4) is 11.5 Å². The largest absolute Gasteiger partial charge is 0.493 e. The number of nitrogens with zero attached hydrogens (tertiary/aromatic N) is 1. The van der Waals surface area contributed by atoms with Gasteiger partial charge in [0.2, 0.25) is 0 Å². The zero-order valence-corrected chi connectivity index (χ0v) is 17.8. The molecule has 3 rings (SSSR count). The number of hydrogen-bond donors (Lipinski definition) is 0. The summed E-state index contributed by atoms with van der Waals surface area (Å²) in [5, 5.41) is 0.509. The van der Waals surface area contributed by atoms with Crippen LogP contribution >= 0.6 is 51.5 Å². The Hall–Kier alpha value is -1.54. The second kappa shape index (κ2) is 8.00. The molecule has 1 heterocycles. The summed E-state index contributed by atoms with van der Waals surface area (Å²) in [5.41, 5.74) is 1.36. The minimum Gasteiger partial charge on any atom is -0.493 e. The highest BCUT2D eigenvalue weighted by molar-refractivity contribution is 9.10. The Morgan fingerprint density at radius 1 is 1.23 bits per heavy atom. The maximum Gasteiger partial charge on any atom is 0.270 e. The second-order valence-corrected chi connectivity index (χ2v) is 8.14. The fourth-order valence-corrected chi connectivity index (χ4v) is 4.19. The van der Waals surface area contributed by atoms with Crippen LogP contribution < -0.4 is 14.4 Å². The molecule has 2 aromatic carbocycles. The van der Waals surface area contributed by atoms with Gasteiger partial charge in [-0.2, -0.15) is 0 Å². The average Bonchev–Trinajstić information content (AvgIpc) is 2.90. The molecule has 0 unspecified atom stereocenters. The number of thioether (sulfide) groups is 1. The van der Waals surface area contributed by atoms with Crippen LogP contribution in [-0.4, -0.2) is 24.4 Å². The fourth-order valence-electron chi connectivity index (χ4n) is 2.48. The number of thiocarbonyl (C=S) groups is 1. The van der Waals surface area contributed by atoms with Crippen molar-refractivity contribution < 1.29 is 14.3 Å². The van der Waals surface area contributed by atoms with Crippen LogP contribution in [0.3, 0.4) is 0 Å². The molecule has 0 radical (unpaired) electrons. The number of halogens is 2. The summed E-state index contributed by atoms with van der Waals surface area (Å²) in [4.78, 5) is 14.9. The monoisotopic (exact) mass is 469 g/mol. The van der Waals surface area contributed by atoms with E-state index >= 15 is 0 Å². The summed E-state index contributed by atoms with van der Waals surface area (Å²) < 4.78 is 11.9. The number of ether oxygens (including phenoxy) is 2. The topological polar surface area (TPSA) is 38.8 Å². The van der Waals surface area contributed by atoms with Gasteiger partial charge in [0.05, 0.1) is 29.8 Å². The lowest BCUT2D eigenvalue weighted by Gasteiger charge is -2.15. The van der Waals surface area contributed by atoms with Crippen LogP contribution in [0.4, 0.5) is 5.69 Å². The van der Waals surface area contributed by atoms with E-state index in [4.69, 9.17) is 33.3 Å². The first kappa shape index (κ1) is 19.2. The third kappa shape index (κ3) is 3.62. The summed E-state index contributed by atoms with van der Waals surface area (Å²) in [7, 11) is 3.13. The highest BCUT2D eigenvalue weighted by Gasteiger charge is 2.33. The quantitative estimate of drug-likeness (QED) is 0.434. The molecule has 8 heteroatoms. The van der Waals surface area contributed by atoms with E-state index in [2.05, 4.69) is 15.9 Å². The Bertz CT molecular complexity index is 933. The van der Waals surface area contributed by atoms with Crippen molar-refractivity contribution in [3.63, 3.8) is 0 Å². The lowest BCUT2D eigenvalue weighted by molar-refractivity contribution is -0.113. The molecule has 0 aromatic heterocycles. The van der Waals surface area contributed by atoms with Gasteiger partial charge in [-0.15, -0.1) is 0 Å². The number of carbonyl (C=O) groups is 1. The van der Waals surface area contributed by atoms with Gasteiger partial charge < -0.3 is 9.47 Å². The first-order valence-electron chi connectivity index (χ1n) is 7.40. The van der Waals surface area contributed by atoms with Crippen molar-refractivity contribution in [2.45, 2.75) is 0 Å². The van der Waals surface area contributed by atoms with E-state index in [1.807, 2.05) is 12.1 Å². The van der Waals surface area contributed by atoms with Gasteiger partial charge in [-0.1, -0.05) is 47.7 Å². The van der Waals surface area contributed by atoms with Crippen molar-refractivity contribution in [2.75, 3.05) is 19.1 Å². The molecule has 0 spiro atoms. The van der Waals surface area contributed by atoms with Gasteiger partial charge in [0.25, 0.3) is 5.91 Å². The lowest BCUT2D eigenvalue weighted by atomic mass is 10.1. The molecule has 26 heavy (non-hydrogen) atoms. The lowest BCUT2D eigenvalue weighted by Crippen LogP contribution is -2.27. The molecule has 2 aromatic rings. The van der Waals surface area contributed by atoms with Crippen LogP contribution in [0.25, 0.3) is 6.08 Å². The molecule has 4 nitrogen and oxygen atoms in total. The number of benzene rings is 2. The van der Waals surface area contributed by atoms with Gasteiger partial charge in [-0.05, 0) is 46.3 Å². The molecule has 0 bridgehead atoms. The van der Waals surface area contributed by atoms with Crippen LogP contribution in [0.15, 0.2) is 45.8 Å². The molecule has 1 saturated heterocycles. The second-order valence-electron chi connectivity index (χ2n) is 5.20. The zero-order chi connectivity index (χ0) is 18.8. The predicted molar refractivity (Wildman–Crippen MR) is 114 cm³/mol. The minimum atomic E-state index is -0.205. The summed E-state index contributed by atoms with van der Waals surface area (Å²) in [6.07, 6.45) is 1.75. The fraction of sp³-hybridized carbons (Fsp3) is 0.111. The van der Waals surface area contributed by atoms with E-state index in [1.165, 1.54) is 16.7 Å². The van der Waals surface area contributed by atoms with Gasteiger partial charge >= 0.3 is 0 Å². The zero-order valence-electron chi connectivity index (χ0n) is 13.8. The number of rotatable bonds is 4. The number of anilines is 1. The smallest absolute Gasteiger partial charge is 0.270 e. The van der Waals surface area contributed by atoms with Gasteiger partial charge in [0.15, 0.2) is 15.8 Å². The van der Waals surface area contributed by atoms with Gasteiger partial charge in [-0.25, -0.2) is 0 Å². The maximum absolute atomic E-state index is 12.9. The number of para-hydroxylation sites is 1. The molecule has 0 atom stereocenters. The molecule has 1 fully saturated rings. The van der Waals surface area contributed by atoms with E-state index < -0.39 is 0 Å². The summed E-state index contributed by atoms with van der Waals surface area (Å²) in [5.74, 6) is 0.951. The van der Waals surface area contributed by atoms with Crippen molar-refractivity contribution in [2.24, 2.45) is 0 Å². The highest BCUT2D eigenvalue weighted by atomic mass is 79.9. The number of methoxy groups -OCH3 is 2. The van der Waals surface area contributed by atoms with Crippen LogP contribution in [-0.2, 0) is 4.79 Å². The molecule has 0 saturated carbocycles. The first-order valence-corrected chi connectivity index (χ1v) is 9.80. The number of carbonyl (C=O) groups excluding carboxylic acids is 1. The summed E-state index contributed by atoms with van der Waals surface area (Å²) in [6, 6.07) is 10.8. The Kier molecular flexibility index (Phi) is 5.92. The summed E-state index contributed by atoms with van der Waals surface area (Å²) in [6.45, 7) is 0. The average molecular weight is 471 g/mol. The van der Waals surface area contributed by atoms with Gasteiger partial charge in [0, 0.05) is 10.0 Å². The third-order valence-electron chi connectivity index (χ3n) is 3.68. The highest BCUT2D eigenvalue weighted by Crippen LogP contribution is 2.40. The van der Waals surface area contributed by atoms with Gasteiger partial charge in [-0.3, -0.25) is 9.69 Å². The third-order valence-corrected chi connectivity index (χ3v) is 6.21. The normalized spacial score (nSPS) is 15.7. The van der Waals surface area contributed by atoms with Gasteiger partial charge in [0.1, 0.15) is 0 Å². The van der Waals surface area contributed by atoms with E-state index in [0.29, 0.717) is 31.4 Å². The molecule has 0 N–H and O–H groups in total. The van der Waals surface area contributed by atoms with Crippen molar-refractivity contribution in [1.82, 2.24) is 0 Å². The van der Waals surface area contributed by atoms with Crippen LogP contribution in [0.5, 0.6) is 11.5 Å². The van der Waals surface area contributed by atoms with Crippen LogP contribution in [0.2, 0.25) is 5.02 Å². The molecule has 1 aliphatic rings. The minimum absolute atomic E-state index is 0.205. The van der Waals surface area contributed by atoms with E-state index in [0.717, 1.165) is 10.0 Å². The standard InChI is InChI=1S/C18H13BrClNO3S2/c1-23-14-5-3-4-10(16(14)24-2)8-15-17(22)21(18(25)26-15)11-6-7-12(19)13(20)9-11/h3-9H,1-2H3/b15-8+. The Balaban J connectivity index is 1.99. The van der Waals surface area contributed by atoms with Crippen LogP contribution in [0.1, 0.15) is 5.56 Å². The maximum atomic E-state index is 12.9. The SMILES string of the molecule is COc1cccc(/C=C2/SC(=S)N(c3ccc(Br)c(Cl)c3)C2=O)c1OC. The van der Waals surface area contributed by atoms with Crippen molar-refractivity contribution >= 4 is 73.5 Å². The molecule has 134 valence electrons. The predicted octanol–water partition coefficient (Wildman–Crippen LogP) is 5.53. The van der Waals surface area contributed by atoms with E-state index in [-0.39, 0.29) is 5.91 Å².